The molecule has 0 radical (unpaired) electrons. The first-order valence-corrected chi connectivity index (χ1v) is 6.75. The Bertz CT molecular complexity index is 333. The highest BCUT2D eigenvalue weighted by Crippen LogP contribution is 2.26. The van der Waals surface area contributed by atoms with Gasteiger partial charge in [-0.05, 0) is 25.5 Å². The smallest absolute Gasteiger partial charge is 0.146 e. The summed E-state index contributed by atoms with van der Waals surface area (Å²) in [6.45, 7) is 5.16. The van der Waals surface area contributed by atoms with Gasteiger partial charge >= 0.3 is 0 Å². The van der Waals surface area contributed by atoms with E-state index in [1.54, 1.807) is 6.07 Å². The largest absolute Gasteiger partial charge is 0.310 e. The van der Waals surface area contributed by atoms with Crippen LogP contribution in [0.15, 0.2) is 18.2 Å². The van der Waals surface area contributed by atoms with Gasteiger partial charge in [-0.25, -0.2) is 4.39 Å². The summed E-state index contributed by atoms with van der Waals surface area (Å²) in [5.74, 6) is -0.279. The van der Waals surface area contributed by atoms with Crippen LogP contribution >= 0.6 is 11.6 Å². The maximum Gasteiger partial charge on any atom is 0.146 e. The Hall–Kier alpha value is -0.600. The third-order valence-electron chi connectivity index (χ3n) is 2.84. The van der Waals surface area contributed by atoms with E-state index in [9.17, 15) is 4.39 Å². The van der Waals surface area contributed by atoms with Crippen LogP contribution in [0.1, 0.15) is 51.1 Å². The molecule has 0 aliphatic rings. The Morgan fingerprint density at radius 3 is 2.71 bits per heavy atom. The fourth-order valence-corrected chi connectivity index (χ4v) is 2.07. The summed E-state index contributed by atoms with van der Waals surface area (Å²) >= 11 is 5.82. The van der Waals surface area contributed by atoms with E-state index >= 15 is 0 Å². The molecule has 0 amide bonds. The fourth-order valence-electron chi connectivity index (χ4n) is 1.88. The first kappa shape index (κ1) is 14.5. The molecule has 1 N–H and O–H groups in total. The predicted molar refractivity (Wildman–Crippen MR) is 72.0 cm³/mol. The molecule has 0 saturated carbocycles. The van der Waals surface area contributed by atoms with Crippen molar-refractivity contribution >= 4 is 11.6 Å². The first-order chi connectivity index (χ1) is 8.20. The van der Waals surface area contributed by atoms with Gasteiger partial charge in [-0.15, -0.1) is 0 Å². The molecule has 0 fully saturated rings. The number of unbranched alkanes of at least 4 members (excludes halogenated alkanes) is 1. The summed E-state index contributed by atoms with van der Waals surface area (Å²) in [4.78, 5) is 0. The van der Waals surface area contributed by atoms with Gasteiger partial charge in [0.25, 0.3) is 0 Å². The molecule has 0 aliphatic heterocycles. The van der Waals surface area contributed by atoms with E-state index in [4.69, 9.17) is 11.6 Å². The zero-order valence-corrected chi connectivity index (χ0v) is 11.4. The van der Waals surface area contributed by atoms with Gasteiger partial charge in [-0.1, -0.05) is 50.4 Å². The van der Waals surface area contributed by atoms with E-state index in [2.05, 4.69) is 19.2 Å². The van der Waals surface area contributed by atoms with Crippen molar-refractivity contribution < 1.29 is 4.39 Å². The fraction of sp³-hybridized carbons (Fsp3) is 0.571. The van der Waals surface area contributed by atoms with Crippen LogP contribution in [0.25, 0.3) is 0 Å². The SMILES string of the molecule is CCCCC(NCCC)c1cccc(Cl)c1F. The standard InChI is InChI=1S/C14H21ClFN/c1-3-5-9-13(17-10-4-2)11-7-6-8-12(15)14(11)16/h6-8,13,17H,3-5,9-10H2,1-2H3. The summed E-state index contributed by atoms with van der Waals surface area (Å²) in [6.07, 6.45) is 4.21. The van der Waals surface area contributed by atoms with Gasteiger partial charge in [0.2, 0.25) is 0 Å². The number of halogens is 2. The molecule has 1 atom stereocenters. The molecule has 0 bridgehead atoms. The second-order valence-electron chi connectivity index (χ2n) is 4.29. The minimum Gasteiger partial charge on any atom is -0.310 e. The Labute approximate surface area is 108 Å². The quantitative estimate of drug-likeness (QED) is 0.746. The third kappa shape index (κ3) is 4.29. The molecule has 1 aromatic carbocycles. The maximum absolute atomic E-state index is 13.9. The molecule has 1 rings (SSSR count). The summed E-state index contributed by atoms with van der Waals surface area (Å²) in [7, 11) is 0. The van der Waals surface area contributed by atoms with Gasteiger partial charge in [0.1, 0.15) is 5.82 Å². The normalized spacial score (nSPS) is 12.7. The Morgan fingerprint density at radius 2 is 2.06 bits per heavy atom. The molecular weight excluding hydrogens is 237 g/mol. The molecule has 0 aliphatic carbocycles. The lowest BCUT2D eigenvalue weighted by Gasteiger charge is -2.19. The molecule has 0 heterocycles. The average molecular weight is 258 g/mol. The third-order valence-corrected chi connectivity index (χ3v) is 3.14. The van der Waals surface area contributed by atoms with Crippen molar-refractivity contribution in [3.05, 3.63) is 34.6 Å². The summed E-state index contributed by atoms with van der Waals surface area (Å²) in [5.41, 5.74) is 0.694. The van der Waals surface area contributed by atoms with Gasteiger partial charge in [0.15, 0.2) is 0 Å². The van der Waals surface area contributed by atoms with Crippen LogP contribution in [0.2, 0.25) is 5.02 Å². The van der Waals surface area contributed by atoms with E-state index in [0.29, 0.717) is 5.56 Å². The van der Waals surface area contributed by atoms with Crippen molar-refractivity contribution in [2.75, 3.05) is 6.54 Å². The number of nitrogens with one attached hydrogen (secondary N) is 1. The first-order valence-electron chi connectivity index (χ1n) is 6.38. The highest BCUT2D eigenvalue weighted by molar-refractivity contribution is 6.30. The second kappa shape index (κ2) is 7.67. The molecule has 0 aromatic heterocycles. The highest BCUT2D eigenvalue weighted by Gasteiger charge is 2.16. The Morgan fingerprint density at radius 1 is 1.29 bits per heavy atom. The van der Waals surface area contributed by atoms with E-state index < -0.39 is 0 Å². The molecule has 1 unspecified atom stereocenters. The van der Waals surface area contributed by atoms with Crippen molar-refractivity contribution in [1.82, 2.24) is 5.32 Å². The molecule has 0 saturated heterocycles. The number of hydrogen-bond acceptors (Lipinski definition) is 1. The molecule has 0 spiro atoms. The topological polar surface area (TPSA) is 12.0 Å². The lowest BCUT2D eigenvalue weighted by Crippen LogP contribution is -2.23. The van der Waals surface area contributed by atoms with Crippen LogP contribution in [0.5, 0.6) is 0 Å². The van der Waals surface area contributed by atoms with Crippen molar-refractivity contribution in [1.29, 1.82) is 0 Å². The highest BCUT2D eigenvalue weighted by atomic mass is 35.5. The second-order valence-corrected chi connectivity index (χ2v) is 4.70. The van der Waals surface area contributed by atoms with Gasteiger partial charge in [-0.3, -0.25) is 0 Å². The van der Waals surface area contributed by atoms with Crippen LogP contribution in [-0.4, -0.2) is 6.54 Å². The van der Waals surface area contributed by atoms with Crippen LogP contribution in [0.4, 0.5) is 4.39 Å². The monoisotopic (exact) mass is 257 g/mol. The number of benzene rings is 1. The van der Waals surface area contributed by atoms with Crippen molar-refractivity contribution in [3.63, 3.8) is 0 Å². The van der Waals surface area contributed by atoms with Crippen LogP contribution in [0, 0.1) is 5.82 Å². The van der Waals surface area contributed by atoms with Gasteiger partial charge in [0.05, 0.1) is 5.02 Å². The number of rotatable bonds is 7. The average Bonchev–Trinajstić information content (AvgIpc) is 2.34. The lowest BCUT2D eigenvalue weighted by molar-refractivity contribution is 0.460. The maximum atomic E-state index is 13.9. The van der Waals surface area contributed by atoms with E-state index in [1.807, 2.05) is 12.1 Å². The van der Waals surface area contributed by atoms with Crippen molar-refractivity contribution in [3.8, 4) is 0 Å². The minimum atomic E-state index is -0.279. The molecular formula is C14H21ClFN. The Balaban J connectivity index is 2.83. The zero-order chi connectivity index (χ0) is 12.7. The summed E-state index contributed by atoms with van der Waals surface area (Å²) in [5, 5.41) is 3.60. The zero-order valence-electron chi connectivity index (χ0n) is 10.6. The minimum absolute atomic E-state index is 0.0774. The molecule has 1 nitrogen and oxygen atoms in total. The van der Waals surface area contributed by atoms with Crippen LogP contribution in [0.3, 0.4) is 0 Å². The van der Waals surface area contributed by atoms with Crippen molar-refractivity contribution in [2.45, 2.75) is 45.6 Å². The number of hydrogen-bond donors (Lipinski definition) is 1. The Kier molecular flexibility index (Phi) is 6.53. The van der Waals surface area contributed by atoms with Gasteiger partial charge in [0, 0.05) is 11.6 Å². The molecule has 1 aromatic rings. The van der Waals surface area contributed by atoms with Crippen LogP contribution < -0.4 is 5.32 Å². The van der Waals surface area contributed by atoms with E-state index in [-0.39, 0.29) is 16.9 Å². The van der Waals surface area contributed by atoms with E-state index in [1.165, 1.54) is 0 Å². The summed E-state index contributed by atoms with van der Waals surface area (Å²) in [6, 6.07) is 5.31. The van der Waals surface area contributed by atoms with Crippen molar-refractivity contribution in [2.24, 2.45) is 0 Å². The molecule has 3 heteroatoms. The van der Waals surface area contributed by atoms with Crippen LogP contribution in [-0.2, 0) is 0 Å². The predicted octanol–water partition coefficient (Wildman–Crippen LogP) is 4.71. The van der Waals surface area contributed by atoms with Gasteiger partial charge < -0.3 is 5.32 Å². The lowest BCUT2D eigenvalue weighted by atomic mass is 10.0. The molecule has 17 heavy (non-hydrogen) atoms. The van der Waals surface area contributed by atoms with Gasteiger partial charge in [-0.2, -0.15) is 0 Å². The molecule has 96 valence electrons. The van der Waals surface area contributed by atoms with E-state index in [0.717, 1.165) is 32.2 Å². The summed E-state index contributed by atoms with van der Waals surface area (Å²) < 4.78 is 13.9.